The number of carbonyl (C=O) groups is 1. The molecule has 0 radical (unpaired) electrons. The molecule has 1 unspecified atom stereocenters. The quantitative estimate of drug-likeness (QED) is 0.382. The summed E-state index contributed by atoms with van der Waals surface area (Å²) in [4.78, 5) is 12.6. The summed E-state index contributed by atoms with van der Waals surface area (Å²) >= 11 is 25.8. The second-order valence-corrected chi connectivity index (χ2v) is 12.5. The van der Waals surface area contributed by atoms with E-state index in [0.29, 0.717) is 63.1 Å². The van der Waals surface area contributed by atoms with Gasteiger partial charge in [-0.1, -0.05) is 58.5 Å². The van der Waals surface area contributed by atoms with E-state index in [1.54, 1.807) is 36.0 Å². The van der Waals surface area contributed by atoms with Gasteiger partial charge in [-0.15, -0.1) is 0 Å². The standard InChI is InChI=1S/C22H24Cl4N2O3S2/c23-18-5-3-16(20(25)10-18)13-32-9-7-27-22(29)15-2-1-8-28(12-15)33(30,31)14-17-4-6-19(24)11-21(17)26/h3-6,10-11,15H,1-2,7-9,12-14H2,(H,27,29). The van der Waals surface area contributed by atoms with Crippen LogP contribution < -0.4 is 5.32 Å². The van der Waals surface area contributed by atoms with E-state index < -0.39 is 10.0 Å². The summed E-state index contributed by atoms with van der Waals surface area (Å²) in [5.41, 5.74) is 1.48. The highest BCUT2D eigenvalue weighted by Crippen LogP contribution is 2.27. The number of hydrogen-bond donors (Lipinski definition) is 1. The Bertz CT molecular complexity index is 1100. The van der Waals surface area contributed by atoms with Gasteiger partial charge in [-0.25, -0.2) is 12.7 Å². The van der Waals surface area contributed by atoms with Crippen molar-refractivity contribution in [2.75, 3.05) is 25.4 Å². The van der Waals surface area contributed by atoms with Crippen molar-refractivity contribution in [2.24, 2.45) is 5.92 Å². The fourth-order valence-corrected chi connectivity index (χ4v) is 7.16. The zero-order chi connectivity index (χ0) is 24.0. The van der Waals surface area contributed by atoms with Crippen LogP contribution in [-0.2, 0) is 26.3 Å². The normalized spacial score (nSPS) is 17.2. The number of sulfonamides is 1. The molecule has 0 saturated carbocycles. The number of benzene rings is 2. The maximum Gasteiger partial charge on any atom is 0.224 e. The molecule has 1 aliphatic heterocycles. The number of thioether (sulfide) groups is 1. The van der Waals surface area contributed by atoms with Gasteiger partial charge in [0.1, 0.15) is 0 Å². The van der Waals surface area contributed by atoms with Crippen LogP contribution in [0.5, 0.6) is 0 Å². The number of amides is 1. The van der Waals surface area contributed by atoms with Crippen molar-refractivity contribution in [3.8, 4) is 0 Å². The lowest BCUT2D eigenvalue weighted by Gasteiger charge is -2.31. The molecule has 1 aliphatic rings. The van der Waals surface area contributed by atoms with E-state index in [9.17, 15) is 13.2 Å². The van der Waals surface area contributed by atoms with Crippen molar-refractivity contribution in [3.63, 3.8) is 0 Å². The summed E-state index contributed by atoms with van der Waals surface area (Å²) in [6.07, 6.45) is 1.29. The van der Waals surface area contributed by atoms with Crippen molar-refractivity contribution < 1.29 is 13.2 Å². The first-order chi connectivity index (χ1) is 15.7. The first-order valence-corrected chi connectivity index (χ1v) is 14.6. The summed E-state index contributed by atoms with van der Waals surface area (Å²) < 4.78 is 27.2. The molecule has 5 nitrogen and oxygen atoms in total. The number of piperidine rings is 1. The number of nitrogens with one attached hydrogen (secondary N) is 1. The van der Waals surface area contributed by atoms with Gasteiger partial charge in [-0.05, 0) is 48.2 Å². The Morgan fingerprint density at radius 2 is 1.67 bits per heavy atom. The Balaban J connectivity index is 1.46. The van der Waals surface area contributed by atoms with Crippen LogP contribution in [0.15, 0.2) is 36.4 Å². The predicted molar refractivity (Wildman–Crippen MR) is 139 cm³/mol. The topological polar surface area (TPSA) is 66.5 Å². The molecule has 1 fully saturated rings. The molecule has 33 heavy (non-hydrogen) atoms. The molecular weight excluding hydrogens is 546 g/mol. The summed E-state index contributed by atoms with van der Waals surface area (Å²) in [6, 6.07) is 10.2. The highest BCUT2D eigenvalue weighted by Gasteiger charge is 2.32. The van der Waals surface area contributed by atoms with E-state index in [1.165, 1.54) is 10.4 Å². The van der Waals surface area contributed by atoms with Crippen LogP contribution in [-0.4, -0.2) is 44.0 Å². The molecule has 11 heteroatoms. The van der Waals surface area contributed by atoms with Crippen LogP contribution in [0.3, 0.4) is 0 Å². The first kappa shape index (κ1) is 26.9. The van der Waals surface area contributed by atoms with E-state index in [0.717, 1.165) is 5.56 Å². The van der Waals surface area contributed by atoms with Gasteiger partial charge >= 0.3 is 0 Å². The number of carbonyl (C=O) groups excluding carboxylic acids is 1. The molecule has 1 amide bonds. The second-order valence-electron chi connectivity index (χ2n) is 7.77. The van der Waals surface area contributed by atoms with E-state index in [1.807, 2.05) is 6.07 Å². The van der Waals surface area contributed by atoms with Gasteiger partial charge in [0.15, 0.2) is 0 Å². The van der Waals surface area contributed by atoms with Crippen LogP contribution in [0.4, 0.5) is 0 Å². The summed E-state index contributed by atoms with van der Waals surface area (Å²) in [7, 11) is -3.61. The molecule has 2 aromatic rings. The van der Waals surface area contributed by atoms with E-state index in [-0.39, 0.29) is 24.1 Å². The zero-order valence-electron chi connectivity index (χ0n) is 17.7. The van der Waals surface area contributed by atoms with Gasteiger partial charge in [0.05, 0.1) is 11.7 Å². The maximum atomic E-state index is 12.9. The largest absolute Gasteiger partial charge is 0.355 e. The Morgan fingerprint density at radius 1 is 1.03 bits per heavy atom. The minimum Gasteiger partial charge on any atom is -0.355 e. The molecule has 1 saturated heterocycles. The maximum absolute atomic E-state index is 12.9. The third-order valence-electron chi connectivity index (χ3n) is 5.32. The molecule has 0 aliphatic carbocycles. The van der Waals surface area contributed by atoms with Crippen LogP contribution >= 0.6 is 58.2 Å². The van der Waals surface area contributed by atoms with Crippen molar-refractivity contribution in [2.45, 2.75) is 24.3 Å². The minimum absolute atomic E-state index is 0.121. The lowest BCUT2D eigenvalue weighted by Crippen LogP contribution is -2.46. The highest BCUT2D eigenvalue weighted by atomic mass is 35.5. The molecule has 1 heterocycles. The van der Waals surface area contributed by atoms with E-state index >= 15 is 0 Å². The van der Waals surface area contributed by atoms with E-state index in [4.69, 9.17) is 46.4 Å². The van der Waals surface area contributed by atoms with Gasteiger partial charge in [0.2, 0.25) is 15.9 Å². The second kappa shape index (κ2) is 12.3. The highest BCUT2D eigenvalue weighted by molar-refractivity contribution is 7.98. The fraction of sp³-hybridized carbons (Fsp3) is 0.409. The molecule has 1 N–H and O–H groups in total. The average molecular weight is 570 g/mol. The Kier molecular flexibility index (Phi) is 10.1. The Morgan fingerprint density at radius 3 is 2.30 bits per heavy atom. The molecule has 2 aromatic carbocycles. The molecule has 3 rings (SSSR count). The van der Waals surface area contributed by atoms with Crippen molar-refractivity contribution >= 4 is 74.1 Å². The number of hydrogen-bond acceptors (Lipinski definition) is 4. The summed E-state index contributed by atoms with van der Waals surface area (Å²) in [5.74, 6) is 0.721. The van der Waals surface area contributed by atoms with Crippen LogP contribution in [0.2, 0.25) is 20.1 Å². The van der Waals surface area contributed by atoms with Crippen molar-refractivity contribution in [1.82, 2.24) is 9.62 Å². The summed E-state index contributed by atoms with van der Waals surface area (Å²) in [5, 5.41) is 4.92. The zero-order valence-corrected chi connectivity index (χ0v) is 22.4. The van der Waals surface area contributed by atoms with Crippen LogP contribution in [0.1, 0.15) is 24.0 Å². The lowest BCUT2D eigenvalue weighted by atomic mass is 9.99. The van der Waals surface area contributed by atoms with Gasteiger partial charge in [0, 0.05) is 51.2 Å². The molecule has 0 aromatic heterocycles. The third kappa shape index (κ3) is 7.92. The van der Waals surface area contributed by atoms with Gasteiger partial charge < -0.3 is 5.32 Å². The van der Waals surface area contributed by atoms with Gasteiger partial charge in [0.25, 0.3) is 0 Å². The Labute approximate surface area is 219 Å². The SMILES string of the molecule is O=C(NCCSCc1ccc(Cl)cc1Cl)C1CCCN(S(=O)(=O)Cc2ccc(Cl)cc2Cl)C1. The molecule has 0 bridgehead atoms. The van der Waals surface area contributed by atoms with E-state index in [2.05, 4.69) is 5.32 Å². The Hall–Kier alpha value is -0.670. The fourth-order valence-electron chi connectivity index (χ4n) is 3.55. The van der Waals surface area contributed by atoms with Crippen molar-refractivity contribution in [3.05, 3.63) is 67.6 Å². The third-order valence-corrected chi connectivity index (χ3v) is 9.30. The molecular formula is C22H24Cl4N2O3S2. The van der Waals surface area contributed by atoms with Gasteiger partial charge in [-0.3, -0.25) is 4.79 Å². The lowest BCUT2D eigenvalue weighted by molar-refractivity contribution is -0.125. The predicted octanol–water partition coefficient (Wildman–Crippen LogP) is 5.89. The van der Waals surface area contributed by atoms with Crippen molar-refractivity contribution in [1.29, 1.82) is 0 Å². The summed E-state index contributed by atoms with van der Waals surface area (Å²) in [6.45, 7) is 1.07. The minimum atomic E-state index is -3.61. The van der Waals surface area contributed by atoms with Crippen LogP contribution in [0, 0.1) is 5.92 Å². The molecule has 1 atom stereocenters. The monoisotopic (exact) mass is 568 g/mol. The average Bonchev–Trinajstić information content (AvgIpc) is 2.77. The van der Waals surface area contributed by atoms with Crippen LogP contribution in [0.25, 0.3) is 0 Å². The number of rotatable bonds is 9. The molecule has 180 valence electrons. The molecule has 0 spiro atoms. The first-order valence-electron chi connectivity index (χ1n) is 10.4. The number of nitrogens with zero attached hydrogens (tertiary/aromatic N) is 1. The smallest absolute Gasteiger partial charge is 0.224 e. The number of halogens is 4. The van der Waals surface area contributed by atoms with Gasteiger partial charge in [-0.2, -0.15) is 11.8 Å².